The highest BCUT2D eigenvalue weighted by Crippen LogP contribution is 2.21. The van der Waals surface area contributed by atoms with Gasteiger partial charge in [-0.2, -0.15) is 0 Å². The topological polar surface area (TPSA) is 62.4 Å². The van der Waals surface area contributed by atoms with Gasteiger partial charge >= 0.3 is 0 Å². The molecule has 3 N–H and O–H groups in total. The first-order chi connectivity index (χ1) is 12.8. The number of hydrogen-bond donors (Lipinski definition) is 3. The first-order valence-electron chi connectivity index (χ1n) is 8.75. The van der Waals surface area contributed by atoms with Crippen molar-refractivity contribution < 1.29 is 9.53 Å². The van der Waals surface area contributed by atoms with Crippen molar-refractivity contribution >= 4 is 16.7 Å². The molecule has 5 heteroatoms. The number of benzene rings is 3. The summed E-state index contributed by atoms with van der Waals surface area (Å²) in [6, 6.07) is 24.3. The molecule has 26 heavy (non-hydrogen) atoms. The molecule has 0 aromatic heterocycles. The van der Waals surface area contributed by atoms with Gasteiger partial charge in [-0.05, 0) is 28.5 Å². The van der Waals surface area contributed by atoms with Gasteiger partial charge in [0.2, 0.25) is 0 Å². The van der Waals surface area contributed by atoms with Crippen LogP contribution in [0.5, 0.6) is 5.75 Å². The van der Waals surface area contributed by atoms with E-state index in [1.54, 1.807) is 0 Å². The zero-order valence-electron chi connectivity index (χ0n) is 14.3. The molecule has 1 aliphatic rings. The largest absolute Gasteiger partial charge is 0.484 e. The number of rotatable bonds is 5. The number of hydrogen-bond acceptors (Lipinski definition) is 4. The lowest BCUT2D eigenvalue weighted by Gasteiger charge is -2.13. The maximum absolute atomic E-state index is 12.2. The molecule has 5 nitrogen and oxygen atoms in total. The number of carbonyl (C=O) groups is 1. The smallest absolute Gasteiger partial charge is 0.259 e. The summed E-state index contributed by atoms with van der Waals surface area (Å²) in [5, 5.41) is 5.19. The summed E-state index contributed by atoms with van der Waals surface area (Å²) in [5.74, 6) is 0.546. The summed E-state index contributed by atoms with van der Waals surface area (Å²) in [4.78, 5) is 12.2. The second kappa shape index (κ2) is 7.56. The molecule has 1 aliphatic heterocycles. The van der Waals surface area contributed by atoms with Crippen LogP contribution in [0.2, 0.25) is 0 Å². The quantitative estimate of drug-likeness (QED) is 0.664. The van der Waals surface area contributed by atoms with Gasteiger partial charge < -0.3 is 10.1 Å². The molecular formula is C21H21N3O2. The van der Waals surface area contributed by atoms with Crippen molar-refractivity contribution in [2.75, 3.05) is 6.61 Å². The molecule has 1 heterocycles. The van der Waals surface area contributed by atoms with Crippen LogP contribution in [0.3, 0.4) is 0 Å². The Kier molecular flexibility index (Phi) is 4.82. The van der Waals surface area contributed by atoms with E-state index in [9.17, 15) is 4.79 Å². The van der Waals surface area contributed by atoms with Crippen LogP contribution in [0.25, 0.3) is 10.8 Å². The summed E-state index contributed by atoms with van der Waals surface area (Å²) in [5.41, 5.74) is 7.54. The lowest BCUT2D eigenvalue weighted by molar-refractivity contribution is -0.123. The monoisotopic (exact) mass is 347 g/mol. The Bertz CT molecular complexity index is 898. The number of amides is 1. The Morgan fingerprint density at radius 1 is 0.962 bits per heavy atom. The molecule has 1 saturated heterocycles. The lowest BCUT2D eigenvalue weighted by Crippen LogP contribution is -2.45. The molecular weight excluding hydrogens is 326 g/mol. The predicted molar refractivity (Wildman–Crippen MR) is 101 cm³/mol. The first-order valence-corrected chi connectivity index (χ1v) is 8.75. The van der Waals surface area contributed by atoms with Crippen LogP contribution in [-0.4, -0.2) is 18.7 Å². The Labute approximate surface area is 152 Å². The first kappa shape index (κ1) is 16.6. The van der Waals surface area contributed by atoms with Crippen LogP contribution in [0, 0.1) is 0 Å². The van der Waals surface area contributed by atoms with E-state index in [2.05, 4.69) is 28.3 Å². The molecule has 2 atom stereocenters. The third kappa shape index (κ3) is 3.85. The van der Waals surface area contributed by atoms with Crippen LogP contribution in [0.1, 0.15) is 18.0 Å². The SMILES string of the molecule is O=C(COc1ccc2ccccc2c1)NC1CC(c2ccccc2)NN1. The molecule has 3 aromatic rings. The van der Waals surface area contributed by atoms with Crippen LogP contribution in [0.15, 0.2) is 72.8 Å². The zero-order chi connectivity index (χ0) is 17.8. The van der Waals surface area contributed by atoms with Gasteiger partial charge in [-0.15, -0.1) is 0 Å². The van der Waals surface area contributed by atoms with E-state index >= 15 is 0 Å². The van der Waals surface area contributed by atoms with Crippen molar-refractivity contribution in [3.05, 3.63) is 78.4 Å². The molecule has 0 aliphatic carbocycles. The normalized spacial score (nSPS) is 19.4. The highest BCUT2D eigenvalue weighted by atomic mass is 16.5. The number of hydrazine groups is 1. The van der Waals surface area contributed by atoms with E-state index in [4.69, 9.17) is 4.74 Å². The van der Waals surface area contributed by atoms with E-state index in [0.717, 1.165) is 17.2 Å². The van der Waals surface area contributed by atoms with E-state index in [-0.39, 0.29) is 24.7 Å². The molecule has 0 spiro atoms. The van der Waals surface area contributed by atoms with Gasteiger partial charge in [0, 0.05) is 12.5 Å². The molecule has 1 amide bonds. The van der Waals surface area contributed by atoms with Gasteiger partial charge in [0.1, 0.15) is 5.75 Å². The average molecular weight is 347 g/mol. The number of fused-ring (bicyclic) bond motifs is 1. The highest BCUT2D eigenvalue weighted by Gasteiger charge is 2.25. The fraction of sp³-hybridized carbons (Fsp3) is 0.190. The molecule has 132 valence electrons. The Morgan fingerprint density at radius 3 is 2.58 bits per heavy atom. The summed E-state index contributed by atoms with van der Waals surface area (Å²) in [6.45, 7) is -0.00742. The van der Waals surface area contributed by atoms with Crippen LogP contribution in [0.4, 0.5) is 0 Å². The number of nitrogens with one attached hydrogen (secondary N) is 3. The standard InChI is InChI=1S/C21H21N3O2/c25-21(14-26-18-11-10-15-6-4-5-9-17(15)12-18)22-20-13-19(23-24-20)16-7-2-1-3-8-16/h1-12,19-20,23-24H,13-14H2,(H,22,25). The Balaban J connectivity index is 1.29. The van der Waals surface area contributed by atoms with Crippen LogP contribution >= 0.6 is 0 Å². The number of carbonyl (C=O) groups excluding carboxylic acids is 1. The van der Waals surface area contributed by atoms with Gasteiger partial charge in [0.15, 0.2) is 6.61 Å². The fourth-order valence-corrected chi connectivity index (χ4v) is 3.20. The minimum absolute atomic E-state index is 0.00742. The molecule has 1 fully saturated rings. The predicted octanol–water partition coefficient (Wildman–Crippen LogP) is 2.90. The Morgan fingerprint density at radius 2 is 1.73 bits per heavy atom. The fourth-order valence-electron chi connectivity index (χ4n) is 3.20. The molecule has 0 bridgehead atoms. The zero-order valence-corrected chi connectivity index (χ0v) is 14.3. The van der Waals surface area contributed by atoms with Gasteiger partial charge in [0.05, 0.1) is 6.17 Å². The van der Waals surface area contributed by atoms with Gasteiger partial charge in [-0.3, -0.25) is 4.79 Å². The molecule has 2 unspecified atom stereocenters. The van der Waals surface area contributed by atoms with Crippen molar-refractivity contribution in [3.8, 4) is 5.75 Å². The third-order valence-electron chi connectivity index (χ3n) is 4.53. The third-order valence-corrected chi connectivity index (χ3v) is 4.53. The molecule has 0 radical (unpaired) electrons. The maximum atomic E-state index is 12.2. The summed E-state index contributed by atoms with van der Waals surface area (Å²) in [6.07, 6.45) is 0.666. The van der Waals surface area contributed by atoms with Gasteiger partial charge in [-0.1, -0.05) is 60.7 Å². The van der Waals surface area contributed by atoms with Crippen LogP contribution in [-0.2, 0) is 4.79 Å². The lowest BCUT2D eigenvalue weighted by atomic mass is 10.0. The maximum Gasteiger partial charge on any atom is 0.259 e. The van der Waals surface area contributed by atoms with E-state index < -0.39 is 0 Å². The minimum Gasteiger partial charge on any atom is -0.484 e. The second-order valence-corrected chi connectivity index (χ2v) is 6.41. The second-order valence-electron chi connectivity index (χ2n) is 6.41. The molecule has 0 saturated carbocycles. The van der Waals surface area contributed by atoms with E-state index in [0.29, 0.717) is 5.75 Å². The Hall–Kier alpha value is -2.89. The molecule has 4 rings (SSSR count). The van der Waals surface area contributed by atoms with Crippen molar-refractivity contribution in [1.82, 2.24) is 16.2 Å². The van der Waals surface area contributed by atoms with Gasteiger partial charge in [-0.25, -0.2) is 10.9 Å². The minimum atomic E-state index is -0.147. The average Bonchev–Trinajstić information content (AvgIpc) is 3.15. The van der Waals surface area contributed by atoms with Crippen LogP contribution < -0.4 is 20.9 Å². The highest BCUT2D eigenvalue weighted by molar-refractivity contribution is 5.84. The van der Waals surface area contributed by atoms with Crippen molar-refractivity contribution in [3.63, 3.8) is 0 Å². The summed E-state index contributed by atoms with van der Waals surface area (Å²) in [7, 11) is 0. The summed E-state index contributed by atoms with van der Waals surface area (Å²) >= 11 is 0. The van der Waals surface area contributed by atoms with Gasteiger partial charge in [0.25, 0.3) is 5.91 Å². The van der Waals surface area contributed by atoms with Crippen molar-refractivity contribution in [2.45, 2.75) is 18.6 Å². The van der Waals surface area contributed by atoms with E-state index in [1.807, 2.05) is 60.7 Å². The summed E-state index contributed by atoms with van der Waals surface area (Å²) < 4.78 is 5.64. The molecule has 3 aromatic carbocycles. The van der Waals surface area contributed by atoms with Crippen molar-refractivity contribution in [1.29, 1.82) is 0 Å². The number of ether oxygens (including phenoxy) is 1. The van der Waals surface area contributed by atoms with Crippen molar-refractivity contribution in [2.24, 2.45) is 0 Å². The van der Waals surface area contributed by atoms with E-state index in [1.165, 1.54) is 5.56 Å².